The predicted molar refractivity (Wildman–Crippen MR) is 71.3 cm³/mol. The van der Waals surface area contributed by atoms with Gasteiger partial charge in [0.1, 0.15) is 5.76 Å². The zero-order valence-electron chi connectivity index (χ0n) is 9.89. The smallest absolute Gasteiger partial charge is 0.176 e. The lowest BCUT2D eigenvalue weighted by molar-refractivity contribution is 0.285. The van der Waals surface area contributed by atoms with E-state index in [1.165, 1.54) is 0 Å². The van der Waals surface area contributed by atoms with Gasteiger partial charge in [-0.3, -0.25) is 0 Å². The first-order valence-corrected chi connectivity index (χ1v) is 5.97. The highest BCUT2D eigenvalue weighted by atomic mass is 16.3. The highest BCUT2D eigenvalue weighted by Gasteiger charge is 2.11. The zero-order chi connectivity index (χ0) is 12.5. The lowest BCUT2D eigenvalue weighted by Gasteiger charge is -1.99. The summed E-state index contributed by atoms with van der Waals surface area (Å²) in [6, 6.07) is 9.85. The minimum absolute atomic E-state index is 0.158. The maximum atomic E-state index is 8.85. The molecule has 0 fully saturated rings. The number of aliphatic hydroxyl groups excluding tert-OH is 1. The number of nitrogen functional groups attached to an aromatic ring is 1. The summed E-state index contributed by atoms with van der Waals surface area (Å²) in [6.45, 7) is 0.158. The third-order valence-corrected chi connectivity index (χ3v) is 3.03. The molecular formula is C14H14N2O2. The van der Waals surface area contributed by atoms with E-state index in [1.54, 1.807) is 0 Å². The van der Waals surface area contributed by atoms with E-state index < -0.39 is 0 Å². The molecule has 2 aromatic heterocycles. The molecule has 3 N–H and O–H groups in total. The molecule has 18 heavy (non-hydrogen) atoms. The van der Waals surface area contributed by atoms with Gasteiger partial charge in [0.15, 0.2) is 11.4 Å². The fraction of sp³-hybridized carbons (Fsp3) is 0.214. The number of furan rings is 1. The number of fused-ring (bicyclic) bond motifs is 3. The van der Waals surface area contributed by atoms with Crippen LogP contribution >= 0.6 is 0 Å². The maximum Gasteiger partial charge on any atom is 0.176 e. The Morgan fingerprint density at radius 1 is 1.22 bits per heavy atom. The van der Waals surface area contributed by atoms with E-state index in [0.717, 1.165) is 22.0 Å². The molecule has 0 saturated carbocycles. The molecule has 0 bridgehead atoms. The van der Waals surface area contributed by atoms with Crippen molar-refractivity contribution in [3.63, 3.8) is 0 Å². The first-order valence-electron chi connectivity index (χ1n) is 5.97. The predicted octanol–water partition coefficient (Wildman–Crippen LogP) is 2.49. The topological polar surface area (TPSA) is 72.3 Å². The molecule has 3 rings (SSSR count). The van der Waals surface area contributed by atoms with E-state index in [1.807, 2.05) is 30.3 Å². The van der Waals surface area contributed by atoms with Crippen molar-refractivity contribution in [1.29, 1.82) is 0 Å². The van der Waals surface area contributed by atoms with Crippen molar-refractivity contribution in [3.05, 3.63) is 36.1 Å². The third kappa shape index (κ3) is 1.71. The average molecular weight is 242 g/mol. The lowest BCUT2D eigenvalue weighted by atomic mass is 10.1. The van der Waals surface area contributed by atoms with Gasteiger partial charge in [-0.25, -0.2) is 4.98 Å². The monoisotopic (exact) mass is 242 g/mol. The molecule has 0 amide bonds. The van der Waals surface area contributed by atoms with Gasteiger partial charge in [-0.05, 0) is 18.6 Å². The molecule has 0 spiro atoms. The minimum Gasteiger partial charge on any atom is -0.457 e. The number of hydrogen-bond donors (Lipinski definition) is 2. The molecule has 1 aromatic carbocycles. The third-order valence-electron chi connectivity index (χ3n) is 3.03. The van der Waals surface area contributed by atoms with Crippen LogP contribution in [-0.2, 0) is 6.42 Å². The second-order valence-electron chi connectivity index (χ2n) is 4.30. The number of hydrogen-bond acceptors (Lipinski definition) is 4. The number of aliphatic hydroxyl groups is 1. The first kappa shape index (κ1) is 11.0. The SMILES string of the molecule is Nc1nc2ccccc2c2cc(CCCO)oc12. The van der Waals surface area contributed by atoms with Crippen LogP contribution in [0.1, 0.15) is 12.2 Å². The van der Waals surface area contributed by atoms with Crippen molar-refractivity contribution < 1.29 is 9.52 Å². The van der Waals surface area contributed by atoms with Crippen molar-refractivity contribution in [2.45, 2.75) is 12.8 Å². The van der Waals surface area contributed by atoms with Gasteiger partial charge in [0.2, 0.25) is 0 Å². The molecule has 0 saturated heterocycles. The fourth-order valence-electron chi connectivity index (χ4n) is 2.19. The highest BCUT2D eigenvalue weighted by molar-refractivity contribution is 6.07. The van der Waals surface area contributed by atoms with Crippen molar-refractivity contribution in [2.75, 3.05) is 12.3 Å². The Morgan fingerprint density at radius 2 is 2.06 bits per heavy atom. The molecule has 0 unspecified atom stereocenters. The van der Waals surface area contributed by atoms with E-state index in [9.17, 15) is 0 Å². The Labute approximate surface area is 104 Å². The van der Waals surface area contributed by atoms with E-state index >= 15 is 0 Å². The molecule has 0 aliphatic heterocycles. The van der Waals surface area contributed by atoms with E-state index in [4.69, 9.17) is 15.3 Å². The van der Waals surface area contributed by atoms with Gasteiger partial charge < -0.3 is 15.3 Å². The molecular weight excluding hydrogens is 228 g/mol. The maximum absolute atomic E-state index is 8.85. The summed E-state index contributed by atoms with van der Waals surface area (Å²) >= 11 is 0. The van der Waals surface area contributed by atoms with Gasteiger partial charge in [-0.1, -0.05) is 18.2 Å². The normalized spacial score (nSPS) is 11.4. The van der Waals surface area contributed by atoms with Crippen molar-refractivity contribution in [1.82, 2.24) is 4.98 Å². The largest absolute Gasteiger partial charge is 0.457 e. The summed E-state index contributed by atoms with van der Waals surface area (Å²) in [5, 5.41) is 10.9. The van der Waals surface area contributed by atoms with Gasteiger partial charge in [0, 0.05) is 23.8 Å². The molecule has 4 heteroatoms. The van der Waals surface area contributed by atoms with E-state index in [-0.39, 0.29) is 6.61 Å². The summed E-state index contributed by atoms with van der Waals surface area (Å²) in [5.41, 5.74) is 7.42. The van der Waals surface area contributed by atoms with Gasteiger partial charge in [-0.15, -0.1) is 0 Å². The first-order chi connectivity index (χ1) is 8.79. The van der Waals surface area contributed by atoms with Crippen LogP contribution in [0.5, 0.6) is 0 Å². The number of nitrogens with zero attached hydrogens (tertiary/aromatic N) is 1. The number of aryl methyl sites for hydroxylation is 1. The van der Waals surface area contributed by atoms with Crippen molar-refractivity contribution >= 4 is 27.7 Å². The summed E-state index contributed by atoms with van der Waals surface area (Å²) in [5.74, 6) is 1.25. The number of aromatic nitrogens is 1. The molecule has 0 radical (unpaired) electrons. The van der Waals surface area contributed by atoms with Gasteiger partial charge >= 0.3 is 0 Å². The zero-order valence-corrected chi connectivity index (χ0v) is 9.89. The molecule has 3 aromatic rings. The Hall–Kier alpha value is -2.07. The molecule has 0 aliphatic rings. The van der Waals surface area contributed by atoms with E-state index in [2.05, 4.69) is 4.98 Å². The summed E-state index contributed by atoms with van der Waals surface area (Å²) in [6.07, 6.45) is 1.39. The Morgan fingerprint density at radius 3 is 2.89 bits per heavy atom. The highest BCUT2D eigenvalue weighted by Crippen LogP contribution is 2.30. The molecule has 0 atom stereocenters. The molecule has 2 heterocycles. The summed E-state index contributed by atoms with van der Waals surface area (Å²) in [7, 11) is 0. The van der Waals surface area contributed by atoms with Gasteiger partial charge in [-0.2, -0.15) is 0 Å². The lowest BCUT2D eigenvalue weighted by Crippen LogP contribution is -1.91. The van der Waals surface area contributed by atoms with Crippen LogP contribution < -0.4 is 5.73 Å². The van der Waals surface area contributed by atoms with Crippen LogP contribution in [0.3, 0.4) is 0 Å². The molecule has 0 aliphatic carbocycles. The Bertz CT molecular complexity index is 703. The van der Waals surface area contributed by atoms with Crippen LogP contribution in [0.15, 0.2) is 34.7 Å². The fourth-order valence-corrected chi connectivity index (χ4v) is 2.19. The second kappa shape index (κ2) is 4.31. The Kier molecular flexibility index (Phi) is 2.64. The number of benzene rings is 1. The van der Waals surface area contributed by atoms with Crippen molar-refractivity contribution in [3.8, 4) is 0 Å². The number of anilines is 1. The second-order valence-corrected chi connectivity index (χ2v) is 4.30. The molecule has 4 nitrogen and oxygen atoms in total. The van der Waals surface area contributed by atoms with Crippen LogP contribution in [0.25, 0.3) is 21.9 Å². The minimum atomic E-state index is 0.158. The molecule has 92 valence electrons. The number of pyridine rings is 1. The average Bonchev–Trinajstić information content (AvgIpc) is 2.81. The van der Waals surface area contributed by atoms with E-state index in [0.29, 0.717) is 24.2 Å². The van der Waals surface area contributed by atoms with Crippen molar-refractivity contribution in [2.24, 2.45) is 0 Å². The number of para-hydroxylation sites is 1. The number of nitrogens with two attached hydrogens (primary N) is 1. The standard InChI is InChI=1S/C14H14N2O2/c15-14-13-11(8-9(18-13)4-3-7-17)10-5-1-2-6-12(10)16-14/h1-2,5-6,8,17H,3-4,7H2,(H2,15,16). The van der Waals surface area contributed by atoms with Crippen LogP contribution in [0, 0.1) is 0 Å². The van der Waals surface area contributed by atoms with Crippen LogP contribution in [0.2, 0.25) is 0 Å². The van der Waals surface area contributed by atoms with Gasteiger partial charge in [0.05, 0.1) is 5.52 Å². The number of rotatable bonds is 3. The summed E-state index contributed by atoms with van der Waals surface area (Å²) in [4.78, 5) is 4.33. The van der Waals surface area contributed by atoms with Gasteiger partial charge in [0.25, 0.3) is 0 Å². The van der Waals surface area contributed by atoms with Crippen LogP contribution in [0.4, 0.5) is 5.82 Å². The summed E-state index contributed by atoms with van der Waals surface area (Å²) < 4.78 is 5.71. The Balaban J connectivity index is 2.24. The van der Waals surface area contributed by atoms with Crippen LogP contribution in [-0.4, -0.2) is 16.7 Å². The quantitative estimate of drug-likeness (QED) is 0.740.